The summed E-state index contributed by atoms with van der Waals surface area (Å²) >= 11 is 2.16. The molecular formula is C14H10F2N2OS2. The Kier molecular flexibility index (Phi) is 4.94. The Bertz CT molecular complexity index is 709. The zero-order chi connectivity index (χ0) is 15.4. The summed E-state index contributed by atoms with van der Waals surface area (Å²) in [5, 5.41) is 13.0. The summed E-state index contributed by atoms with van der Waals surface area (Å²) in [4.78, 5) is 12.1. The van der Waals surface area contributed by atoms with Gasteiger partial charge >= 0.3 is 0 Å². The van der Waals surface area contributed by atoms with Gasteiger partial charge in [0.25, 0.3) is 0 Å². The fourth-order valence-electron chi connectivity index (χ4n) is 1.52. The number of thioether (sulfide) groups is 1. The molecule has 0 bridgehead atoms. The second kappa shape index (κ2) is 6.70. The third-order valence-electron chi connectivity index (χ3n) is 2.59. The number of nitrogens with one attached hydrogen (secondary N) is 1. The zero-order valence-corrected chi connectivity index (χ0v) is 12.5. The first-order valence-electron chi connectivity index (χ1n) is 5.91. The summed E-state index contributed by atoms with van der Waals surface area (Å²) in [5.41, 5.74) is 0.377. The molecule has 0 saturated carbocycles. The number of anilines is 1. The molecule has 1 aromatic carbocycles. The number of amides is 1. The van der Waals surface area contributed by atoms with Crippen molar-refractivity contribution < 1.29 is 13.6 Å². The van der Waals surface area contributed by atoms with Gasteiger partial charge in [-0.3, -0.25) is 4.79 Å². The summed E-state index contributed by atoms with van der Waals surface area (Å²) in [7, 11) is 0. The molecular weight excluding hydrogens is 314 g/mol. The van der Waals surface area contributed by atoms with Gasteiger partial charge in [-0.2, -0.15) is 5.26 Å². The average molecular weight is 324 g/mol. The topological polar surface area (TPSA) is 52.9 Å². The van der Waals surface area contributed by atoms with Crippen LogP contribution in [0.15, 0.2) is 34.5 Å². The number of nitrogens with zero attached hydrogens (tertiary/aromatic N) is 1. The van der Waals surface area contributed by atoms with Gasteiger partial charge in [-0.1, -0.05) is 0 Å². The number of carbonyl (C=O) groups excluding carboxylic acids is 1. The molecule has 0 fully saturated rings. The molecule has 2 rings (SSSR count). The van der Waals surface area contributed by atoms with Crippen LogP contribution < -0.4 is 5.32 Å². The number of thiophene rings is 1. The lowest BCUT2D eigenvalue weighted by Crippen LogP contribution is -2.22. The van der Waals surface area contributed by atoms with E-state index >= 15 is 0 Å². The second-order valence-electron chi connectivity index (χ2n) is 4.10. The Morgan fingerprint density at radius 3 is 2.90 bits per heavy atom. The van der Waals surface area contributed by atoms with E-state index in [0.717, 1.165) is 30.0 Å². The van der Waals surface area contributed by atoms with Crippen molar-refractivity contribution in [3.63, 3.8) is 0 Å². The monoisotopic (exact) mass is 324 g/mol. The van der Waals surface area contributed by atoms with Crippen LogP contribution in [0.4, 0.5) is 13.8 Å². The molecule has 1 aromatic heterocycles. The van der Waals surface area contributed by atoms with Crippen LogP contribution in [0.3, 0.4) is 0 Å². The molecule has 3 nitrogen and oxygen atoms in total. The lowest BCUT2D eigenvalue weighted by Gasteiger charge is -2.11. The first-order valence-corrected chi connectivity index (χ1v) is 7.67. The van der Waals surface area contributed by atoms with Crippen LogP contribution in [0.1, 0.15) is 12.5 Å². The smallest absolute Gasteiger partial charge is 0.238 e. The highest BCUT2D eigenvalue weighted by Crippen LogP contribution is 2.29. The maximum Gasteiger partial charge on any atom is 0.238 e. The van der Waals surface area contributed by atoms with Crippen LogP contribution in [0, 0.1) is 23.0 Å². The normalized spacial score (nSPS) is 11.7. The molecule has 7 heteroatoms. The molecule has 1 heterocycles. The summed E-state index contributed by atoms with van der Waals surface area (Å²) in [6, 6.07) is 6.66. The number of nitriles is 1. The van der Waals surface area contributed by atoms with Gasteiger partial charge in [0.15, 0.2) is 0 Å². The molecule has 1 atom stereocenters. The van der Waals surface area contributed by atoms with Crippen molar-refractivity contribution in [2.45, 2.75) is 17.1 Å². The van der Waals surface area contributed by atoms with Crippen molar-refractivity contribution in [1.82, 2.24) is 0 Å². The van der Waals surface area contributed by atoms with Crippen LogP contribution in [0.5, 0.6) is 0 Å². The first-order chi connectivity index (χ1) is 10.0. The minimum atomic E-state index is -0.630. The van der Waals surface area contributed by atoms with Crippen molar-refractivity contribution >= 4 is 34.0 Å². The molecule has 0 radical (unpaired) electrons. The third-order valence-corrected chi connectivity index (χ3v) is 4.55. The van der Waals surface area contributed by atoms with Crippen LogP contribution in [0.25, 0.3) is 0 Å². The van der Waals surface area contributed by atoms with Crippen molar-refractivity contribution in [3.05, 3.63) is 46.8 Å². The molecule has 0 aliphatic heterocycles. The molecule has 0 saturated heterocycles. The van der Waals surface area contributed by atoms with Gasteiger partial charge in [-0.05, 0) is 36.6 Å². The Morgan fingerprint density at radius 2 is 2.19 bits per heavy atom. The van der Waals surface area contributed by atoms with E-state index in [9.17, 15) is 13.6 Å². The van der Waals surface area contributed by atoms with Crippen LogP contribution in [-0.2, 0) is 4.79 Å². The molecule has 1 N–H and O–H groups in total. The van der Waals surface area contributed by atoms with Gasteiger partial charge < -0.3 is 5.32 Å². The standard InChI is InChI=1S/C14H10F2N2OS2/c1-8(21-12-6-10(15)2-3-11(12)16)13(19)18-14-9(7-17)4-5-20-14/h2-6,8H,1H3,(H,18,19)/t8-/m0/s1. The first kappa shape index (κ1) is 15.5. The van der Waals surface area contributed by atoms with E-state index in [0.29, 0.717) is 10.6 Å². The van der Waals surface area contributed by atoms with E-state index in [2.05, 4.69) is 5.32 Å². The van der Waals surface area contributed by atoms with E-state index in [4.69, 9.17) is 5.26 Å². The molecule has 2 aromatic rings. The van der Waals surface area contributed by atoms with Gasteiger partial charge in [-0.25, -0.2) is 8.78 Å². The molecule has 0 spiro atoms. The summed E-state index contributed by atoms with van der Waals surface area (Å²) < 4.78 is 26.6. The molecule has 0 unspecified atom stereocenters. The number of benzene rings is 1. The van der Waals surface area contributed by atoms with E-state index < -0.39 is 16.9 Å². The van der Waals surface area contributed by atoms with Gasteiger partial charge in [0.05, 0.1) is 10.8 Å². The number of halogens is 2. The van der Waals surface area contributed by atoms with E-state index in [-0.39, 0.29) is 10.8 Å². The quantitative estimate of drug-likeness (QED) is 0.864. The van der Waals surface area contributed by atoms with Gasteiger partial charge in [0, 0.05) is 4.90 Å². The minimum absolute atomic E-state index is 0.0735. The molecule has 21 heavy (non-hydrogen) atoms. The number of hydrogen-bond donors (Lipinski definition) is 1. The highest BCUT2D eigenvalue weighted by molar-refractivity contribution is 8.00. The summed E-state index contributed by atoms with van der Waals surface area (Å²) in [6.45, 7) is 1.59. The maximum atomic E-state index is 13.5. The zero-order valence-electron chi connectivity index (χ0n) is 10.9. The second-order valence-corrected chi connectivity index (χ2v) is 6.40. The average Bonchev–Trinajstić information content (AvgIpc) is 2.90. The number of carbonyl (C=O) groups is 1. The Balaban J connectivity index is 2.06. The van der Waals surface area contributed by atoms with E-state index in [1.165, 1.54) is 11.3 Å². The van der Waals surface area contributed by atoms with E-state index in [1.807, 2.05) is 6.07 Å². The summed E-state index contributed by atoms with van der Waals surface area (Å²) in [5.74, 6) is -1.51. The molecule has 1 amide bonds. The molecule has 108 valence electrons. The minimum Gasteiger partial charge on any atom is -0.316 e. The SMILES string of the molecule is C[C@H](Sc1cc(F)ccc1F)C(=O)Nc1sccc1C#N. The van der Waals surface area contributed by atoms with Crippen LogP contribution in [-0.4, -0.2) is 11.2 Å². The Hall–Kier alpha value is -1.91. The predicted molar refractivity (Wildman–Crippen MR) is 79.3 cm³/mol. The lowest BCUT2D eigenvalue weighted by molar-refractivity contribution is -0.115. The Morgan fingerprint density at radius 1 is 1.43 bits per heavy atom. The van der Waals surface area contributed by atoms with Crippen molar-refractivity contribution in [2.75, 3.05) is 5.32 Å². The summed E-state index contributed by atoms with van der Waals surface area (Å²) in [6.07, 6.45) is 0. The molecule has 0 aliphatic rings. The molecule has 0 aliphatic carbocycles. The predicted octanol–water partition coefficient (Wildman–Crippen LogP) is 4.02. The lowest BCUT2D eigenvalue weighted by atomic mass is 10.3. The van der Waals surface area contributed by atoms with Gasteiger partial charge in [0.2, 0.25) is 5.91 Å². The van der Waals surface area contributed by atoms with Crippen molar-refractivity contribution in [2.24, 2.45) is 0 Å². The number of hydrogen-bond acceptors (Lipinski definition) is 4. The largest absolute Gasteiger partial charge is 0.316 e. The van der Waals surface area contributed by atoms with Crippen molar-refractivity contribution in [1.29, 1.82) is 5.26 Å². The highest BCUT2D eigenvalue weighted by Gasteiger charge is 2.18. The number of rotatable bonds is 4. The highest BCUT2D eigenvalue weighted by atomic mass is 32.2. The van der Waals surface area contributed by atoms with Gasteiger partial charge in [0.1, 0.15) is 22.7 Å². The third kappa shape index (κ3) is 3.80. The van der Waals surface area contributed by atoms with Crippen LogP contribution >= 0.6 is 23.1 Å². The maximum absolute atomic E-state index is 13.5. The van der Waals surface area contributed by atoms with Gasteiger partial charge in [-0.15, -0.1) is 23.1 Å². The van der Waals surface area contributed by atoms with Crippen LogP contribution in [0.2, 0.25) is 0 Å². The van der Waals surface area contributed by atoms with E-state index in [1.54, 1.807) is 18.4 Å². The Labute approximate surface area is 128 Å². The fourth-order valence-corrected chi connectivity index (χ4v) is 3.17. The van der Waals surface area contributed by atoms with Crippen molar-refractivity contribution in [3.8, 4) is 6.07 Å². The fraction of sp³-hybridized carbons (Fsp3) is 0.143.